The van der Waals surface area contributed by atoms with Crippen LogP contribution in [0.25, 0.3) is 5.69 Å². The van der Waals surface area contributed by atoms with E-state index >= 15 is 0 Å². The maximum absolute atomic E-state index is 12.8. The molecule has 3 aromatic rings. The highest BCUT2D eigenvalue weighted by atomic mass is 16.1. The number of Topliss-reactive ketones (excluding diaryl/α,β-unsaturated/α-hetero) is 1. The summed E-state index contributed by atoms with van der Waals surface area (Å²) in [6, 6.07) is 15.8. The van der Waals surface area contributed by atoms with Gasteiger partial charge in [-0.25, -0.2) is 0 Å². The van der Waals surface area contributed by atoms with Gasteiger partial charge in [-0.15, -0.1) is 0 Å². The number of benzene rings is 2. The van der Waals surface area contributed by atoms with E-state index in [0.29, 0.717) is 17.7 Å². The van der Waals surface area contributed by atoms with Crippen LogP contribution in [0.2, 0.25) is 0 Å². The van der Waals surface area contributed by atoms with Gasteiger partial charge in [0.1, 0.15) is 0 Å². The van der Waals surface area contributed by atoms with E-state index in [9.17, 15) is 9.59 Å². The number of anilines is 1. The summed E-state index contributed by atoms with van der Waals surface area (Å²) in [5.74, 6) is -0.300. The van der Waals surface area contributed by atoms with Crippen LogP contribution in [-0.2, 0) is 6.42 Å². The van der Waals surface area contributed by atoms with E-state index in [-0.39, 0.29) is 17.2 Å². The second kappa shape index (κ2) is 7.73. The number of carbonyl (C=O) groups excluding carboxylic acids is 2. The number of nitrogens with two attached hydrogens (primary N) is 1. The molecule has 1 atom stereocenters. The van der Waals surface area contributed by atoms with Crippen molar-refractivity contribution in [2.24, 2.45) is 11.1 Å². The Morgan fingerprint density at radius 1 is 1.13 bits per heavy atom. The molecule has 0 radical (unpaired) electrons. The van der Waals surface area contributed by atoms with E-state index in [0.717, 1.165) is 34.5 Å². The molecule has 2 aromatic carbocycles. The summed E-state index contributed by atoms with van der Waals surface area (Å²) < 4.78 is 2.04. The maximum atomic E-state index is 12.8. The summed E-state index contributed by atoms with van der Waals surface area (Å²) in [4.78, 5) is 25.0. The topological polar surface area (TPSA) is 77.1 Å². The number of rotatable bonds is 5. The first-order valence-corrected chi connectivity index (χ1v) is 10.7. The molecule has 1 aliphatic carbocycles. The molecule has 160 valence electrons. The van der Waals surface area contributed by atoms with Gasteiger partial charge >= 0.3 is 0 Å². The van der Waals surface area contributed by atoms with Crippen molar-refractivity contribution >= 4 is 17.4 Å². The molecule has 1 heterocycles. The zero-order valence-corrected chi connectivity index (χ0v) is 18.5. The lowest BCUT2D eigenvalue weighted by Crippen LogP contribution is -2.28. The standard InChI is InChI=1S/C26H29N3O2/c1-16-15-29(22-13-26(3,4)14-23(30)24(16)22)19-10-11-21(20(12-19)25(27)31)28-17(2)18-8-6-5-7-9-18/h5-12,15,17,28H,13-14H2,1-4H3,(H2,27,31)/t17-/m0/s1. The lowest BCUT2D eigenvalue weighted by molar-refractivity contribution is 0.0909. The second-order valence-corrected chi connectivity index (χ2v) is 9.32. The van der Waals surface area contributed by atoms with Crippen molar-refractivity contribution < 1.29 is 9.59 Å². The molecule has 31 heavy (non-hydrogen) atoms. The summed E-state index contributed by atoms with van der Waals surface area (Å²) in [6.45, 7) is 8.26. The Bertz CT molecular complexity index is 1160. The van der Waals surface area contributed by atoms with Crippen molar-refractivity contribution in [2.45, 2.75) is 46.6 Å². The van der Waals surface area contributed by atoms with Crippen LogP contribution in [-0.4, -0.2) is 16.3 Å². The quantitative estimate of drug-likeness (QED) is 0.600. The predicted octanol–water partition coefficient (Wildman–Crippen LogP) is 5.21. The average molecular weight is 416 g/mol. The van der Waals surface area contributed by atoms with Gasteiger partial charge in [0.05, 0.1) is 5.56 Å². The van der Waals surface area contributed by atoms with E-state index < -0.39 is 5.91 Å². The number of nitrogens with zero attached hydrogens (tertiary/aromatic N) is 1. The number of fused-ring (bicyclic) bond motifs is 1. The largest absolute Gasteiger partial charge is 0.378 e. The minimum Gasteiger partial charge on any atom is -0.378 e. The molecular weight excluding hydrogens is 386 g/mol. The third-order valence-electron chi connectivity index (χ3n) is 6.08. The number of amides is 1. The Kier molecular flexibility index (Phi) is 5.21. The minimum absolute atomic E-state index is 0.0187. The van der Waals surface area contributed by atoms with Crippen LogP contribution in [0.3, 0.4) is 0 Å². The van der Waals surface area contributed by atoms with Crippen molar-refractivity contribution in [3.05, 3.63) is 82.7 Å². The zero-order chi connectivity index (χ0) is 22.3. The molecule has 1 aromatic heterocycles. The van der Waals surface area contributed by atoms with Crippen LogP contribution < -0.4 is 11.1 Å². The molecule has 5 heteroatoms. The summed E-state index contributed by atoms with van der Waals surface area (Å²) >= 11 is 0. The van der Waals surface area contributed by atoms with Gasteiger partial charge in [-0.3, -0.25) is 9.59 Å². The van der Waals surface area contributed by atoms with E-state index in [2.05, 4.69) is 19.2 Å². The normalized spacial score (nSPS) is 15.9. The predicted molar refractivity (Wildman–Crippen MR) is 124 cm³/mol. The van der Waals surface area contributed by atoms with E-state index in [1.807, 2.05) is 73.1 Å². The summed E-state index contributed by atoms with van der Waals surface area (Å²) in [5.41, 5.74) is 11.5. The third kappa shape index (κ3) is 4.00. The molecule has 1 amide bonds. The Labute approximate surface area is 183 Å². The molecule has 0 bridgehead atoms. The molecule has 0 aliphatic heterocycles. The highest BCUT2D eigenvalue weighted by Crippen LogP contribution is 2.38. The lowest BCUT2D eigenvalue weighted by atomic mass is 9.75. The van der Waals surface area contributed by atoms with Gasteiger partial charge in [-0.1, -0.05) is 44.2 Å². The Hall–Kier alpha value is -3.34. The molecule has 0 saturated heterocycles. The van der Waals surface area contributed by atoms with Gasteiger partial charge < -0.3 is 15.6 Å². The smallest absolute Gasteiger partial charge is 0.250 e. The van der Waals surface area contributed by atoms with Crippen molar-refractivity contribution in [1.29, 1.82) is 0 Å². The number of hydrogen-bond acceptors (Lipinski definition) is 3. The molecule has 3 N–H and O–H groups in total. The van der Waals surface area contributed by atoms with Crippen molar-refractivity contribution in [3.8, 4) is 5.69 Å². The number of carbonyl (C=O) groups is 2. The number of primary amides is 1. The highest BCUT2D eigenvalue weighted by molar-refractivity contribution is 6.01. The van der Waals surface area contributed by atoms with Crippen LogP contribution in [0, 0.1) is 12.3 Å². The number of ketones is 1. The molecule has 0 spiro atoms. The van der Waals surface area contributed by atoms with Crippen molar-refractivity contribution in [3.63, 3.8) is 0 Å². The number of hydrogen-bond donors (Lipinski definition) is 2. The summed E-state index contributed by atoms with van der Waals surface area (Å²) in [6.07, 6.45) is 3.35. The van der Waals surface area contributed by atoms with Crippen LogP contribution in [0.15, 0.2) is 54.7 Å². The van der Waals surface area contributed by atoms with Crippen molar-refractivity contribution in [2.75, 3.05) is 5.32 Å². The van der Waals surface area contributed by atoms with Crippen LogP contribution in [0.5, 0.6) is 0 Å². The average Bonchev–Trinajstić information content (AvgIpc) is 3.04. The van der Waals surface area contributed by atoms with Gasteiger partial charge in [0.25, 0.3) is 5.91 Å². The number of aromatic nitrogens is 1. The lowest BCUT2D eigenvalue weighted by Gasteiger charge is -2.30. The monoisotopic (exact) mass is 415 g/mol. The van der Waals surface area contributed by atoms with E-state index in [4.69, 9.17) is 5.73 Å². The first kappa shape index (κ1) is 20.9. The minimum atomic E-state index is -0.487. The van der Waals surface area contributed by atoms with Gasteiger partial charge in [0, 0.05) is 41.3 Å². The van der Waals surface area contributed by atoms with Gasteiger partial charge in [0.15, 0.2) is 5.78 Å². The fraction of sp³-hybridized carbons (Fsp3) is 0.308. The molecule has 1 aliphatic rings. The fourth-order valence-corrected chi connectivity index (χ4v) is 4.58. The summed E-state index contributed by atoms with van der Waals surface area (Å²) in [5, 5.41) is 3.41. The third-order valence-corrected chi connectivity index (χ3v) is 6.08. The van der Waals surface area contributed by atoms with E-state index in [1.54, 1.807) is 0 Å². The first-order chi connectivity index (χ1) is 14.7. The van der Waals surface area contributed by atoms with Crippen LogP contribution >= 0.6 is 0 Å². The summed E-state index contributed by atoms with van der Waals surface area (Å²) in [7, 11) is 0. The molecule has 0 saturated carbocycles. The van der Waals surface area contributed by atoms with Crippen LogP contribution in [0.4, 0.5) is 5.69 Å². The number of nitrogens with one attached hydrogen (secondary N) is 1. The first-order valence-electron chi connectivity index (χ1n) is 10.7. The SMILES string of the molecule is Cc1cn(-c2ccc(N[C@@H](C)c3ccccc3)c(C(N)=O)c2)c2c1C(=O)CC(C)(C)C2. The maximum Gasteiger partial charge on any atom is 0.250 e. The molecule has 0 unspecified atom stereocenters. The molecular formula is C26H29N3O2. The van der Waals surface area contributed by atoms with E-state index in [1.165, 1.54) is 0 Å². The number of aryl methyl sites for hydroxylation is 1. The Morgan fingerprint density at radius 3 is 2.52 bits per heavy atom. The Balaban J connectivity index is 1.74. The zero-order valence-electron chi connectivity index (χ0n) is 18.5. The van der Waals surface area contributed by atoms with Gasteiger partial charge in [0.2, 0.25) is 0 Å². The molecule has 5 nitrogen and oxygen atoms in total. The fourth-order valence-electron chi connectivity index (χ4n) is 4.58. The Morgan fingerprint density at radius 2 is 1.84 bits per heavy atom. The van der Waals surface area contributed by atoms with Gasteiger partial charge in [-0.2, -0.15) is 0 Å². The highest BCUT2D eigenvalue weighted by Gasteiger charge is 2.34. The second-order valence-electron chi connectivity index (χ2n) is 9.32. The molecule has 4 rings (SSSR count). The molecule has 0 fully saturated rings. The van der Waals surface area contributed by atoms with Gasteiger partial charge in [-0.05, 0) is 55.0 Å². The van der Waals surface area contributed by atoms with Crippen LogP contribution in [0.1, 0.15) is 70.8 Å². The van der Waals surface area contributed by atoms with Crippen molar-refractivity contribution in [1.82, 2.24) is 4.57 Å².